The molecule has 1 unspecified atom stereocenters. The zero-order valence-corrected chi connectivity index (χ0v) is 15.0. The lowest BCUT2D eigenvalue weighted by Gasteiger charge is -2.19. The van der Waals surface area contributed by atoms with Gasteiger partial charge in [-0.15, -0.1) is 0 Å². The third kappa shape index (κ3) is 6.00. The third-order valence-electron chi connectivity index (χ3n) is 3.88. The van der Waals surface area contributed by atoms with Crippen molar-refractivity contribution in [1.82, 2.24) is 10.2 Å². The minimum atomic E-state index is -0.226. The van der Waals surface area contributed by atoms with Gasteiger partial charge in [0, 0.05) is 19.8 Å². The van der Waals surface area contributed by atoms with Crippen molar-refractivity contribution in [1.29, 1.82) is 0 Å². The van der Waals surface area contributed by atoms with E-state index in [1.807, 2.05) is 32.0 Å². The van der Waals surface area contributed by atoms with Crippen molar-refractivity contribution >= 4 is 23.4 Å². The highest BCUT2D eigenvalue weighted by molar-refractivity contribution is 5.92. The molecule has 0 aromatic heterocycles. The lowest BCUT2D eigenvalue weighted by molar-refractivity contribution is -0.862. The largest absolute Gasteiger partial charge is 0.358 e. The summed E-state index contributed by atoms with van der Waals surface area (Å²) < 4.78 is 0. The number of benzene rings is 1. The molecule has 0 aliphatic rings. The zero-order chi connectivity index (χ0) is 18.3. The topological polar surface area (TPSA) is 83.0 Å². The van der Waals surface area contributed by atoms with Crippen LogP contribution in [0.15, 0.2) is 18.2 Å². The van der Waals surface area contributed by atoms with E-state index in [1.165, 1.54) is 11.9 Å². The maximum Gasteiger partial charge on any atom is 0.279 e. The molecule has 0 saturated heterocycles. The van der Waals surface area contributed by atoms with Gasteiger partial charge in [-0.2, -0.15) is 0 Å². The van der Waals surface area contributed by atoms with Crippen LogP contribution < -0.4 is 15.5 Å². The van der Waals surface area contributed by atoms with E-state index in [-0.39, 0.29) is 37.4 Å². The number of aryl methyl sites for hydroxylation is 1. The smallest absolute Gasteiger partial charge is 0.279 e. The summed E-state index contributed by atoms with van der Waals surface area (Å²) in [5.41, 5.74) is 2.93. The highest BCUT2D eigenvalue weighted by atomic mass is 16.2. The molecule has 1 aromatic carbocycles. The van der Waals surface area contributed by atoms with Crippen LogP contribution in [0, 0.1) is 13.8 Å². The lowest BCUT2D eigenvalue weighted by atomic mass is 10.1. The second-order valence-electron chi connectivity index (χ2n) is 6.03. The van der Waals surface area contributed by atoms with E-state index in [2.05, 4.69) is 10.6 Å². The van der Waals surface area contributed by atoms with Gasteiger partial charge in [-0.25, -0.2) is 0 Å². The van der Waals surface area contributed by atoms with E-state index < -0.39 is 0 Å². The van der Waals surface area contributed by atoms with Gasteiger partial charge in [-0.3, -0.25) is 14.4 Å². The molecule has 1 atom stereocenters. The third-order valence-corrected chi connectivity index (χ3v) is 3.88. The fourth-order valence-corrected chi connectivity index (χ4v) is 2.19. The first-order valence-corrected chi connectivity index (χ1v) is 7.86. The average Bonchev–Trinajstić information content (AvgIpc) is 2.51. The summed E-state index contributed by atoms with van der Waals surface area (Å²) in [4.78, 5) is 37.6. The molecule has 3 amide bonds. The summed E-state index contributed by atoms with van der Waals surface area (Å²) in [6, 6.07) is 5.74. The van der Waals surface area contributed by atoms with Gasteiger partial charge < -0.3 is 20.4 Å². The molecular formula is C17H27N4O3+. The molecule has 7 heteroatoms. The molecule has 0 spiro atoms. The summed E-state index contributed by atoms with van der Waals surface area (Å²) in [7, 11) is 4.87. The Hall–Kier alpha value is -2.41. The van der Waals surface area contributed by atoms with Gasteiger partial charge >= 0.3 is 0 Å². The summed E-state index contributed by atoms with van der Waals surface area (Å²) in [5.74, 6) is -0.560. The number of nitrogens with one attached hydrogen (secondary N) is 3. The molecule has 0 radical (unpaired) electrons. The number of likely N-dealkylation sites (N-methyl/N-ethyl adjacent to an activating group) is 3. The Morgan fingerprint density at radius 3 is 2.42 bits per heavy atom. The van der Waals surface area contributed by atoms with E-state index in [1.54, 1.807) is 14.1 Å². The maximum absolute atomic E-state index is 12.1. The molecule has 3 N–H and O–H groups in total. The molecule has 0 aliphatic carbocycles. The van der Waals surface area contributed by atoms with Crippen LogP contribution in [0.4, 0.5) is 5.69 Å². The number of hydrogen-bond donors (Lipinski definition) is 3. The number of quaternary nitrogens is 1. The standard InChI is InChI=1S/C17H26N4O3/c1-12-7-6-8-14(13(12)2)19-16(23)9-20(4)11-17(24)21(5)10-15(22)18-3/h6-8H,9-11H2,1-5H3,(H,18,22)(H,19,23)/p+1. The molecule has 1 aromatic rings. The highest BCUT2D eigenvalue weighted by Gasteiger charge is 2.19. The van der Waals surface area contributed by atoms with Crippen LogP contribution in [-0.4, -0.2) is 63.4 Å². The quantitative estimate of drug-likeness (QED) is 0.595. The number of carbonyl (C=O) groups is 3. The van der Waals surface area contributed by atoms with Crippen LogP contribution in [-0.2, 0) is 14.4 Å². The Balaban J connectivity index is 2.50. The van der Waals surface area contributed by atoms with E-state index in [0.717, 1.165) is 21.7 Å². The molecule has 0 bridgehead atoms. The Labute approximate surface area is 143 Å². The van der Waals surface area contributed by atoms with Gasteiger partial charge in [-0.05, 0) is 31.0 Å². The molecule has 0 aliphatic heterocycles. The predicted octanol–water partition coefficient (Wildman–Crippen LogP) is -1.04. The SMILES string of the molecule is CNC(=O)CN(C)C(=O)C[NH+](C)CC(=O)Nc1cccc(C)c1C. The zero-order valence-electron chi connectivity index (χ0n) is 15.0. The van der Waals surface area contributed by atoms with Gasteiger partial charge in [-0.1, -0.05) is 12.1 Å². The van der Waals surface area contributed by atoms with E-state index in [4.69, 9.17) is 0 Å². The Morgan fingerprint density at radius 1 is 1.12 bits per heavy atom. The van der Waals surface area contributed by atoms with Crippen LogP contribution in [0.25, 0.3) is 0 Å². The fraction of sp³-hybridized carbons (Fsp3) is 0.471. The molecule has 0 saturated carbocycles. The monoisotopic (exact) mass is 335 g/mol. The number of rotatable bonds is 7. The molecule has 0 heterocycles. The van der Waals surface area contributed by atoms with E-state index >= 15 is 0 Å². The lowest BCUT2D eigenvalue weighted by Crippen LogP contribution is -3.11. The van der Waals surface area contributed by atoms with Gasteiger partial charge in [0.2, 0.25) is 5.91 Å². The normalized spacial score (nSPS) is 11.5. The van der Waals surface area contributed by atoms with Crippen LogP contribution in [0.5, 0.6) is 0 Å². The molecule has 0 fully saturated rings. The van der Waals surface area contributed by atoms with Gasteiger partial charge in [0.25, 0.3) is 11.8 Å². The van der Waals surface area contributed by atoms with Crippen LogP contribution in [0.3, 0.4) is 0 Å². The Morgan fingerprint density at radius 2 is 1.79 bits per heavy atom. The first-order chi connectivity index (χ1) is 11.2. The van der Waals surface area contributed by atoms with Gasteiger partial charge in [0.1, 0.15) is 0 Å². The van der Waals surface area contributed by atoms with Crippen LogP contribution in [0.2, 0.25) is 0 Å². The fourth-order valence-electron chi connectivity index (χ4n) is 2.19. The van der Waals surface area contributed by atoms with E-state index in [9.17, 15) is 14.4 Å². The summed E-state index contributed by atoms with van der Waals surface area (Å²) in [6.45, 7) is 4.28. The van der Waals surface area contributed by atoms with Crippen molar-refractivity contribution in [3.63, 3.8) is 0 Å². The number of hydrogen-bond acceptors (Lipinski definition) is 3. The molecule has 7 nitrogen and oxygen atoms in total. The average molecular weight is 335 g/mol. The summed E-state index contributed by atoms with van der Waals surface area (Å²) >= 11 is 0. The maximum atomic E-state index is 12.1. The number of amides is 3. The highest BCUT2D eigenvalue weighted by Crippen LogP contribution is 2.17. The predicted molar refractivity (Wildman–Crippen MR) is 92.9 cm³/mol. The minimum Gasteiger partial charge on any atom is -0.358 e. The van der Waals surface area contributed by atoms with Crippen LogP contribution >= 0.6 is 0 Å². The molecule has 132 valence electrons. The second-order valence-corrected chi connectivity index (χ2v) is 6.03. The Bertz CT molecular complexity index is 616. The number of nitrogens with zero attached hydrogens (tertiary/aromatic N) is 1. The van der Waals surface area contributed by atoms with Gasteiger partial charge in [0.15, 0.2) is 13.1 Å². The molecule has 24 heavy (non-hydrogen) atoms. The second kappa shape index (κ2) is 9.02. The molecule has 1 rings (SSSR count). The van der Waals surface area contributed by atoms with E-state index in [0.29, 0.717) is 0 Å². The number of anilines is 1. The first kappa shape index (κ1) is 19.6. The van der Waals surface area contributed by atoms with Crippen molar-refractivity contribution in [2.75, 3.05) is 46.1 Å². The first-order valence-electron chi connectivity index (χ1n) is 7.86. The minimum absolute atomic E-state index is 0.0112. The van der Waals surface area contributed by atoms with Crippen molar-refractivity contribution in [3.05, 3.63) is 29.3 Å². The van der Waals surface area contributed by atoms with Crippen molar-refractivity contribution in [3.8, 4) is 0 Å². The van der Waals surface area contributed by atoms with Gasteiger partial charge in [0.05, 0.1) is 13.6 Å². The summed E-state index contributed by atoms with van der Waals surface area (Å²) in [6.07, 6.45) is 0. The Kier molecular flexibility index (Phi) is 7.38. The van der Waals surface area contributed by atoms with Crippen molar-refractivity contribution in [2.24, 2.45) is 0 Å². The van der Waals surface area contributed by atoms with Crippen molar-refractivity contribution in [2.45, 2.75) is 13.8 Å². The summed E-state index contributed by atoms with van der Waals surface area (Å²) in [5, 5.41) is 5.35. The molecular weight excluding hydrogens is 308 g/mol. The number of carbonyl (C=O) groups excluding carboxylic acids is 3. The van der Waals surface area contributed by atoms with Crippen LogP contribution in [0.1, 0.15) is 11.1 Å². The van der Waals surface area contributed by atoms with Crippen molar-refractivity contribution < 1.29 is 19.3 Å².